The molecule has 1 aromatic rings. The summed E-state index contributed by atoms with van der Waals surface area (Å²) in [7, 11) is 0. The molecule has 0 fully saturated rings. The van der Waals surface area contributed by atoms with Gasteiger partial charge in [0.05, 0.1) is 18.6 Å². The zero-order chi connectivity index (χ0) is 13.9. The van der Waals surface area contributed by atoms with Gasteiger partial charge in [-0.1, -0.05) is 0 Å². The molecule has 0 atom stereocenters. The SMILES string of the molecule is CCOC(=O)CCN=C/C=C(\C=[NH2+])c1ncccn1. The lowest BCUT2D eigenvalue weighted by molar-refractivity contribution is -0.142. The largest absolute Gasteiger partial charge is 0.466 e. The lowest BCUT2D eigenvalue weighted by atomic mass is 10.2. The van der Waals surface area contributed by atoms with Crippen molar-refractivity contribution in [1.29, 1.82) is 0 Å². The molecule has 0 bridgehead atoms. The van der Waals surface area contributed by atoms with E-state index in [0.29, 0.717) is 24.5 Å². The Hall–Kier alpha value is -2.37. The maximum atomic E-state index is 11.1. The molecule has 19 heavy (non-hydrogen) atoms. The van der Waals surface area contributed by atoms with Gasteiger partial charge in [-0.15, -0.1) is 0 Å². The van der Waals surface area contributed by atoms with Crippen LogP contribution in [0.2, 0.25) is 0 Å². The number of ether oxygens (including phenoxy) is 1. The van der Waals surface area contributed by atoms with Crippen LogP contribution in [-0.2, 0) is 9.53 Å². The Morgan fingerprint density at radius 3 is 2.84 bits per heavy atom. The summed E-state index contributed by atoms with van der Waals surface area (Å²) in [6, 6.07) is 1.73. The van der Waals surface area contributed by atoms with Crippen molar-refractivity contribution in [2.75, 3.05) is 13.2 Å². The van der Waals surface area contributed by atoms with E-state index in [1.165, 1.54) is 6.21 Å². The quantitative estimate of drug-likeness (QED) is 0.539. The zero-order valence-corrected chi connectivity index (χ0v) is 10.8. The third kappa shape index (κ3) is 5.67. The maximum Gasteiger partial charge on any atom is 0.307 e. The topological polar surface area (TPSA) is 90.0 Å². The van der Waals surface area contributed by atoms with Crippen LogP contribution in [0.25, 0.3) is 5.57 Å². The van der Waals surface area contributed by atoms with Gasteiger partial charge in [0.25, 0.3) is 0 Å². The van der Waals surface area contributed by atoms with Gasteiger partial charge in [0.1, 0.15) is 0 Å². The summed E-state index contributed by atoms with van der Waals surface area (Å²) >= 11 is 0. The van der Waals surface area contributed by atoms with Gasteiger partial charge in [0.15, 0.2) is 12.0 Å². The van der Waals surface area contributed by atoms with E-state index >= 15 is 0 Å². The molecule has 0 spiro atoms. The fraction of sp³-hybridized carbons (Fsp3) is 0.308. The molecule has 2 N–H and O–H groups in total. The van der Waals surface area contributed by atoms with Crippen LogP contribution in [0.5, 0.6) is 0 Å². The molecule has 0 aliphatic carbocycles. The highest BCUT2D eigenvalue weighted by Crippen LogP contribution is 2.02. The second kappa shape index (κ2) is 8.68. The van der Waals surface area contributed by atoms with Crippen molar-refractivity contribution in [3.8, 4) is 0 Å². The molecule has 6 nitrogen and oxygen atoms in total. The number of esters is 1. The van der Waals surface area contributed by atoms with Crippen LogP contribution in [-0.4, -0.2) is 41.5 Å². The number of aliphatic imine (C=N–C) groups is 1. The molecular formula is C13H17N4O2+. The minimum atomic E-state index is -0.249. The predicted octanol–water partition coefficient (Wildman–Crippen LogP) is -0.286. The number of nitrogens with zero attached hydrogens (tertiary/aromatic N) is 3. The standard InChI is InChI=1S/C13H16N4O2/c1-2-19-12(18)5-9-15-8-4-11(10-14)13-16-6-3-7-17-13/h3-4,6-8,10,14H,2,5,9H2,1H3/p+1/b11-4+,14-10?,15-8?. The summed E-state index contributed by atoms with van der Waals surface area (Å²) in [6.45, 7) is 2.54. The number of aromatic nitrogens is 2. The van der Waals surface area contributed by atoms with Gasteiger partial charge >= 0.3 is 5.97 Å². The number of carbonyl (C=O) groups is 1. The van der Waals surface area contributed by atoms with Crippen molar-refractivity contribution >= 4 is 24.0 Å². The van der Waals surface area contributed by atoms with E-state index < -0.39 is 0 Å². The van der Waals surface area contributed by atoms with Crippen molar-refractivity contribution in [3.63, 3.8) is 0 Å². The number of allylic oxidation sites excluding steroid dienone is 2. The molecule has 1 heterocycles. The number of hydrogen-bond donors (Lipinski definition) is 1. The van der Waals surface area contributed by atoms with Gasteiger partial charge in [0.2, 0.25) is 0 Å². The first-order valence-electron chi connectivity index (χ1n) is 5.96. The first-order chi connectivity index (χ1) is 9.27. The van der Waals surface area contributed by atoms with E-state index in [-0.39, 0.29) is 12.4 Å². The van der Waals surface area contributed by atoms with Crippen LogP contribution in [0.1, 0.15) is 19.2 Å². The molecule has 0 saturated heterocycles. The summed E-state index contributed by atoms with van der Waals surface area (Å²) in [6.07, 6.45) is 8.22. The molecule has 1 rings (SSSR count). The van der Waals surface area contributed by atoms with Gasteiger partial charge < -0.3 is 4.74 Å². The molecule has 0 radical (unpaired) electrons. The second-order valence-electron chi connectivity index (χ2n) is 3.47. The number of carbonyl (C=O) groups excluding carboxylic acids is 1. The molecule has 0 saturated carbocycles. The zero-order valence-electron chi connectivity index (χ0n) is 10.8. The highest BCUT2D eigenvalue weighted by Gasteiger charge is 2.02. The van der Waals surface area contributed by atoms with E-state index in [1.54, 1.807) is 37.7 Å². The summed E-state index contributed by atoms with van der Waals surface area (Å²) in [4.78, 5) is 23.3. The first-order valence-corrected chi connectivity index (χ1v) is 5.96. The summed E-state index contributed by atoms with van der Waals surface area (Å²) in [5, 5.41) is 5.50. The van der Waals surface area contributed by atoms with E-state index in [1.807, 2.05) is 0 Å². The molecule has 0 aromatic carbocycles. The van der Waals surface area contributed by atoms with Crippen molar-refractivity contribution in [3.05, 3.63) is 30.4 Å². The van der Waals surface area contributed by atoms with Crippen molar-refractivity contribution in [2.45, 2.75) is 13.3 Å². The summed E-state index contributed by atoms with van der Waals surface area (Å²) in [5.74, 6) is 0.280. The Bertz CT molecular complexity index is 469. The first kappa shape index (κ1) is 14.7. The number of rotatable bonds is 7. The van der Waals surface area contributed by atoms with E-state index in [0.717, 1.165) is 0 Å². The van der Waals surface area contributed by atoms with Crippen molar-refractivity contribution in [2.24, 2.45) is 4.99 Å². The fourth-order valence-corrected chi connectivity index (χ4v) is 1.25. The van der Waals surface area contributed by atoms with Crippen molar-refractivity contribution in [1.82, 2.24) is 9.97 Å². The molecule has 1 aromatic heterocycles. The van der Waals surface area contributed by atoms with Gasteiger partial charge in [0, 0.05) is 25.2 Å². The van der Waals surface area contributed by atoms with Crippen LogP contribution in [0.4, 0.5) is 0 Å². The predicted molar refractivity (Wildman–Crippen MR) is 72.6 cm³/mol. The number of nitrogens with two attached hydrogens (primary N) is 1. The van der Waals surface area contributed by atoms with Crippen LogP contribution < -0.4 is 5.41 Å². The Balaban J connectivity index is 2.50. The van der Waals surface area contributed by atoms with Gasteiger partial charge in [-0.2, -0.15) is 0 Å². The average molecular weight is 261 g/mol. The Morgan fingerprint density at radius 1 is 1.47 bits per heavy atom. The average Bonchev–Trinajstić information content (AvgIpc) is 2.44. The monoisotopic (exact) mass is 261 g/mol. The normalized spacial score (nSPS) is 11.5. The highest BCUT2D eigenvalue weighted by molar-refractivity contribution is 6.09. The van der Waals surface area contributed by atoms with E-state index in [2.05, 4.69) is 15.0 Å². The molecular weight excluding hydrogens is 244 g/mol. The Kier molecular flexibility index (Phi) is 6.71. The van der Waals surface area contributed by atoms with Gasteiger partial charge in [-0.25, -0.2) is 9.97 Å². The molecule has 0 aliphatic heterocycles. The Morgan fingerprint density at radius 2 is 2.21 bits per heavy atom. The molecule has 6 heteroatoms. The second-order valence-corrected chi connectivity index (χ2v) is 3.47. The van der Waals surface area contributed by atoms with Crippen LogP contribution in [0.3, 0.4) is 0 Å². The summed E-state index contributed by atoms with van der Waals surface area (Å²) in [5.41, 5.74) is 0.667. The smallest absolute Gasteiger partial charge is 0.307 e. The molecule has 0 unspecified atom stereocenters. The highest BCUT2D eigenvalue weighted by atomic mass is 16.5. The lowest BCUT2D eigenvalue weighted by Gasteiger charge is -1.97. The molecule has 0 amide bonds. The summed E-state index contributed by atoms with van der Waals surface area (Å²) < 4.78 is 4.79. The van der Waals surface area contributed by atoms with Crippen LogP contribution in [0.15, 0.2) is 29.5 Å². The molecule has 100 valence electrons. The minimum absolute atomic E-state index is 0.249. The van der Waals surface area contributed by atoms with Crippen LogP contribution >= 0.6 is 0 Å². The minimum Gasteiger partial charge on any atom is -0.466 e. The number of hydrogen-bond acceptors (Lipinski definition) is 5. The Labute approximate surface area is 111 Å². The fourth-order valence-electron chi connectivity index (χ4n) is 1.25. The van der Waals surface area contributed by atoms with Crippen LogP contribution in [0, 0.1) is 0 Å². The maximum absolute atomic E-state index is 11.1. The van der Waals surface area contributed by atoms with Crippen molar-refractivity contribution < 1.29 is 14.9 Å². The van der Waals surface area contributed by atoms with Gasteiger partial charge in [-0.05, 0) is 19.1 Å². The lowest BCUT2D eigenvalue weighted by Crippen LogP contribution is -2.30. The third-order valence-corrected chi connectivity index (χ3v) is 2.11. The van der Waals surface area contributed by atoms with E-state index in [4.69, 9.17) is 10.1 Å². The van der Waals surface area contributed by atoms with E-state index in [9.17, 15) is 4.79 Å². The third-order valence-electron chi connectivity index (χ3n) is 2.11. The molecule has 0 aliphatic rings. The van der Waals surface area contributed by atoms with Gasteiger partial charge in [-0.3, -0.25) is 15.2 Å².